The van der Waals surface area contributed by atoms with E-state index in [9.17, 15) is 0 Å². The lowest BCUT2D eigenvalue weighted by Crippen LogP contribution is -1.83. The van der Waals surface area contributed by atoms with Gasteiger partial charge >= 0.3 is 0 Å². The Kier molecular flexibility index (Phi) is 3.58. The predicted molar refractivity (Wildman–Crippen MR) is 65.0 cm³/mol. The van der Waals surface area contributed by atoms with Crippen molar-refractivity contribution >= 4 is 11.8 Å². The highest BCUT2D eigenvalue weighted by atomic mass is 32.2. The van der Waals surface area contributed by atoms with Gasteiger partial charge in [-0.05, 0) is 17.7 Å². The summed E-state index contributed by atoms with van der Waals surface area (Å²) >= 11 is 1.71. The number of thioether (sulfide) groups is 1. The van der Waals surface area contributed by atoms with Crippen molar-refractivity contribution in [2.24, 2.45) is 0 Å². The molecule has 78 valence electrons. The van der Waals surface area contributed by atoms with E-state index in [4.69, 9.17) is 5.26 Å². The summed E-state index contributed by atoms with van der Waals surface area (Å²) in [5, 5.41) is 8.73. The van der Waals surface area contributed by atoms with Crippen molar-refractivity contribution < 1.29 is 0 Å². The van der Waals surface area contributed by atoms with Gasteiger partial charge in [0.15, 0.2) is 0 Å². The number of benzene rings is 1. The highest BCUT2D eigenvalue weighted by molar-refractivity contribution is 7.98. The molecule has 3 heteroatoms. The van der Waals surface area contributed by atoms with Crippen molar-refractivity contribution in [2.75, 3.05) is 0 Å². The van der Waals surface area contributed by atoms with Gasteiger partial charge in [0.2, 0.25) is 0 Å². The molecule has 0 spiro atoms. The molecule has 2 rings (SSSR count). The fraction of sp³-hybridized carbons (Fsp3) is 0.0769. The summed E-state index contributed by atoms with van der Waals surface area (Å²) in [4.78, 5) is 5.02. The van der Waals surface area contributed by atoms with E-state index in [0.717, 1.165) is 10.6 Å². The third kappa shape index (κ3) is 2.85. The molecule has 0 aliphatic rings. The first-order valence-corrected chi connectivity index (χ1v) is 5.90. The quantitative estimate of drug-likeness (QED) is 0.754. The Morgan fingerprint density at radius 1 is 1.19 bits per heavy atom. The average Bonchev–Trinajstić information content (AvgIpc) is 2.38. The molecule has 2 aromatic rings. The van der Waals surface area contributed by atoms with E-state index in [1.807, 2.05) is 36.4 Å². The van der Waals surface area contributed by atoms with Crippen molar-refractivity contribution in [1.82, 2.24) is 4.98 Å². The number of hydrogen-bond acceptors (Lipinski definition) is 3. The molecule has 0 saturated heterocycles. The fourth-order valence-electron chi connectivity index (χ4n) is 1.30. The van der Waals surface area contributed by atoms with Gasteiger partial charge in [0, 0.05) is 16.8 Å². The Balaban J connectivity index is 2.03. The monoisotopic (exact) mass is 226 g/mol. The predicted octanol–water partition coefficient (Wildman–Crippen LogP) is 3.25. The van der Waals surface area contributed by atoms with Crippen LogP contribution in [0.15, 0.2) is 53.6 Å². The molecule has 0 fully saturated rings. The third-order valence-corrected chi connectivity index (χ3v) is 3.16. The van der Waals surface area contributed by atoms with Gasteiger partial charge in [-0.1, -0.05) is 30.3 Å². The summed E-state index contributed by atoms with van der Waals surface area (Å²) in [5.41, 5.74) is 1.75. The van der Waals surface area contributed by atoms with Crippen LogP contribution in [0.3, 0.4) is 0 Å². The molecule has 0 unspecified atom stereocenters. The van der Waals surface area contributed by atoms with Crippen LogP contribution >= 0.6 is 11.8 Å². The second kappa shape index (κ2) is 5.34. The summed E-state index contributed by atoms with van der Waals surface area (Å²) in [6.07, 6.45) is 1.67. The lowest BCUT2D eigenvalue weighted by Gasteiger charge is -2.01. The second-order valence-electron chi connectivity index (χ2n) is 3.26. The standard InChI is InChI=1S/C13H10N2S/c14-9-12-8-13(6-7-15-12)16-10-11-4-2-1-3-5-11/h1-8H,10H2. The molecular formula is C13H10N2S. The van der Waals surface area contributed by atoms with Gasteiger partial charge in [-0.25, -0.2) is 4.98 Å². The van der Waals surface area contributed by atoms with Crippen molar-refractivity contribution in [3.05, 3.63) is 59.9 Å². The maximum atomic E-state index is 8.73. The maximum Gasteiger partial charge on any atom is 0.141 e. The van der Waals surface area contributed by atoms with E-state index in [2.05, 4.69) is 17.1 Å². The van der Waals surface area contributed by atoms with Crippen LogP contribution in [0.2, 0.25) is 0 Å². The largest absolute Gasteiger partial charge is 0.245 e. The number of aromatic nitrogens is 1. The van der Waals surface area contributed by atoms with Gasteiger partial charge in [0.25, 0.3) is 0 Å². The van der Waals surface area contributed by atoms with Gasteiger partial charge < -0.3 is 0 Å². The summed E-state index contributed by atoms with van der Waals surface area (Å²) in [6.45, 7) is 0. The summed E-state index contributed by atoms with van der Waals surface area (Å²) in [6, 6.07) is 16.0. The molecule has 0 amide bonds. The number of pyridine rings is 1. The molecule has 0 aliphatic heterocycles. The third-order valence-electron chi connectivity index (χ3n) is 2.09. The molecule has 2 nitrogen and oxygen atoms in total. The maximum absolute atomic E-state index is 8.73. The zero-order valence-electron chi connectivity index (χ0n) is 8.63. The number of hydrogen-bond donors (Lipinski definition) is 0. The molecule has 0 N–H and O–H groups in total. The van der Waals surface area contributed by atoms with Crippen LogP contribution in [0.1, 0.15) is 11.3 Å². The summed E-state index contributed by atoms with van der Waals surface area (Å²) in [5.74, 6) is 0.912. The first-order chi connectivity index (χ1) is 7.88. The number of nitriles is 1. The van der Waals surface area contributed by atoms with Gasteiger partial charge in [0.1, 0.15) is 11.8 Å². The van der Waals surface area contributed by atoms with Crippen LogP contribution in [0.4, 0.5) is 0 Å². The average molecular weight is 226 g/mol. The Bertz CT molecular complexity index is 503. The Morgan fingerprint density at radius 2 is 2.00 bits per heavy atom. The topological polar surface area (TPSA) is 36.7 Å². The van der Waals surface area contributed by atoms with Crippen LogP contribution < -0.4 is 0 Å². The van der Waals surface area contributed by atoms with Gasteiger partial charge in [0.05, 0.1) is 0 Å². The van der Waals surface area contributed by atoms with Gasteiger partial charge in [-0.2, -0.15) is 5.26 Å². The second-order valence-corrected chi connectivity index (χ2v) is 4.31. The van der Waals surface area contributed by atoms with E-state index in [1.54, 1.807) is 18.0 Å². The summed E-state index contributed by atoms with van der Waals surface area (Å²) in [7, 11) is 0. The van der Waals surface area contributed by atoms with Gasteiger partial charge in [-0.3, -0.25) is 0 Å². The minimum absolute atomic E-state index is 0.470. The van der Waals surface area contributed by atoms with Crippen molar-refractivity contribution in [1.29, 1.82) is 5.26 Å². The SMILES string of the molecule is N#Cc1cc(SCc2ccccc2)ccn1. The van der Waals surface area contributed by atoms with E-state index in [-0.39, 0.29) is 0 Å². The molecule has 0 bridgehead atoms. The first kappa shape index (κ1) is 10.7. The molecule has 0 radical (unpaired) electrons. The Hall–Kier alpha value is -1.79. The molecule has 0 atom stereocenters. The Morgan fingerprint density at radius 3 is 2.75 bits per heavy atom. The molecule has 1 heterocycles. The lowest BCUT2D eigenvalue weighted by molar-refractivity contribution is 1.21. The number of nitrogens with zero attached hydrogens (tertiary/aromatic N) is 2. The minimum Gasteiger partial charge on any atom is -0.245 e. The van der Waals surface area contributed by atoms with E-state index < -0.39 is 0 Å². The van der Waals surface area contributed by atoms with Crippen LogP contribution in [-0.2, 0) is 5.75 Å². The molecule has 1 aromatic carbocycles. The van der Waals surface area contributed by atoms with Crippen LogP contribution in [-0.4, -0.2) is 4.98 Å². The van der Waals surface area contributed by atoms with Crippen LogP contribution in [0.25, 0.3) is 0 Å². The molecule has 0 saturated carbocycles. The van der Waals surface area contributed by atoms with Crippen LogP contribution in [0, 0.1) is 11.3 Å². The first-order valence-electron chi connectivity index (χ1n) is 4.91. The molecule has 1 aromatic heterocycles. The minimum atomic E-state index is 0.470. The number of rotatable bonds is 3. The highest BCUT2D eigenvalue weighted by Crippen LogP contribution is 2.22. The zero-order chi connectivity index (χ0) is 11.2. The van der Waals surface area contributed by atoms with E-state index in [1.165, 1.54) is 5.56 Å². The van der Waals surface area contributed by atoms with E-state index >= 15 is 0 Å². The fourth-order valence-corrected chi connectivity index (χ4v) is 2.18. The normalized spacial score (nSPS) is 9.69. The van der Waals surface area contributed by atoms with Crippen molar-refractivity contribution in [3.8, 4) is 6.07 Å². The lowest BCUT2D eigenvalue weighted by atomic mass is 10.2. The molecule has 0 aliphatic carbocycles. The summed E-state index contributed by atoms with van der Waals surface area (Å²) < 4.78 is 0. The van der Waals surface area contributed by atoms with E-state index in [0.29, 0.717) is 5.69 Å². The van der Waals surface area contributed by atoms with Crippen molar-refractivity contribution in [3.63, 3.8) is 0 Å². The highest BCUT2D eigenvalue weighted by Gasteiger charge is 1.98. The smallest absolute Gasteiger partial charge is 0.141 e. The zero-order valence-corrected chi connectivity index (χ0v) is 9.45. The van der Waals surface area contributed by atoms with Crippen molar-refractivity contribution in [2.45, 2.75) is 10.6 Å². The molecule has 16 heavy (non-hydrogen) atoms. The Labute approximate surface area is 99.0 Å². The van der Waals surface area contributed by atoms with Gasteiger partial charge in [-0.15, -0.1) is 11.8 Å². The molecular weight excluding hydrogens is 216 g/mol. The van der Waals surface area contributed by atoms with Crippen LogP contribution in [0.5, 0.6) is 0 Å².